The molecule has 76 valence electrons. The van der Waals surface area contributed by atoms with Gasteiger partial charge in [0.15, 0.2) is 0 Å². The first-order chi connectivity index (χ1) is 6.52. The average Bonchev–Trinajstić information content (AvgIpc) is 2.16. The molecule has 0 amide bonds. The summed E-state index contributed by atoms with van der Waals surface area (Å²) in [5, 5.41) is 17.7. The monoisotopic (exact) mass is 214 g/mol. The molecule has 0 saturated carbocycles. The van der Waals surface area contributed by atoms with Crippen LogP contribution < -0.4 is 9.77 Å². The van der Waals surface area contributed by atoms with Crippen molar-refractivity contribution in [2.24, 2.45) is 0 Å². The van der Waals surface area contributed by atoms with Crippen LogP contribution in [0, 0.1) is 0 Å². The molecule has 0 radical (unpaired) electrons. The summed E-state index contributed by atoms with van der Waals surface area (Å²) in [6.07, 6.45) is 0. The van der Waals surface area contributed by atoms with Crippen molar-refractivity contribution >= 4 is 29.5 Å². The summed E-state index contributed by atoms with van der Waals surface area (Å²) in [5.41, 5.74) is 0.628. The van der Waals surface area contributed by atoms with Gasteiger partial charge in [0.2, 0.25) is 0 Å². The van der Waals surface area contributed by atoms with Crippen LogP contribution in [-0.2, 0) is 11.3 Å². The van der Waals surface area contributed by atoms with Gasteiger partial charge >= 0.3 is 7.12 Å². The number of hydrogen-bond donors (Lipinski definition) is 2. The lowest BCUT2D eigenvalue weighted by Crippen LogP contribution is -2.31. The second-order valence-electron chi connectivity index (χ2n) is 2.68. The molecule has 0 saturated heterocycles. The minimum Gasteiger partial charge on any atom is -0.755 e. The molecule has 2 N–H and O–H groups in total. The van der Waals surface area contributed by atoms with Gasteiger partial charge in [-0.15, -0.1) is 0 Å². The fraction of sp³-hybridized carbons (Fsp3) is 0.143. The van der Waals surface area contributed by atoms with Crippen LogP contribution in [0.15, 0.2) is 24.3 Å². The molecule has 5 nitrogen and oxygen atoms in total. The standard InChI is InChI=1S/C7H10BNO4S/c1-9(14(12)13)7-4-2-3-6(5-7)8(10)11/h2-5,10-11H,1H3,(H,12,13)/p-1. The Morgan fingerprint density at radius 2 is 2.14 bits per heavy atom. The number of hydrogen-bond acceptors (Lipinski definition) is 4. The van der Waals surface area contributed by atoms with E-state index in [9.17, 15) is 8.76 Å². The second kappa shape index (κ2) is 4.56. The smallest absolute Gasteiger partial charge is 0.488 e. The Hall–Kier alpha value is -0.885. The van der Waals surface area contributed by atoms with E-state index in [-0.39, 0.29) is 5.46 Å². The predicted octanol–water partition coefficient (Wildman–Crippen LogP) is -1.40. The minimum absolute atomic E-state index is 0.250. The van der Waals surface area contributed by atoms with Crippen LogP contribution in [0.3, 0.4) is 0 Å². The first kappa shape index (κ1) is 11.2. The lowest BCUT2D eigenvalue weighted by Gasteiger charge is -2.21. The third-order valence-corrected chi connectivity index (χ3v) is 2.41. The fourth-order valence-electron chi connectivity index (χ4n) is 0.967. The van der Waals surface area contributed by atoms with Gasteiger partial charge in [0.05, 0.1) is 0 Å². The van der Waals surface area contributed by atoms with Gasteiger partial charge in [-0.2, -0.15) is 0 Å². The molecule has 0 heterocycles. The normalized spacial score (nSPS) is 12.3. The lowest BCUT2D eigenvalue weighted by atomic mass is 9.80. The zero-order chi connectivity index (χ0) is 10.7. The van der Waals surface area contributed by atoms with Crippen LogP contribution >= 0.6 is 0 Å². The van der Waals surface area contributed by atoms with Gasteiger partial charge in [0.25, 0.3) is 0 Å². The Morgan fingerprint density at radius 1 is 1.50 bits per heavy atom. The number of rotatable bonds is 3. The van der Waals surface area contributed by atoms with Gasteiger partial charge in [0, 0.05) is 24.0 Å². The van der Waals surface area contributed by atoms with Crippen molar-refractivity contribution in [2.75, 3.05) is 11.4 Å². The molecule has 0 aliphatic carbocycles. The van der Waals surface area contributed by atoms with Gasteiger partial charge in [-0.05, 0) is 17.6 Å². The van der Waals surface area contributed by atoms with Crippen molar-refractivity contribution in [2.45, 2.75) is 0 Å². The summed E-state index contributed by atoms with van der Waals surface area (Å²) < 4.78 is 22.2. The SMILES string of the molecule is CN(c1cccc(B(O)O)c1)S(=O)[O-]. The van der Waals surface area contributed by atoms with E-state index in [4.69, 9.17) is 10.0 Å². The number of nitrogens with zero attached hydrogens (tertiary/aromatic N) is 1. The second-order valence-corrected chi connectivity index (χ2v) is 3.67. The molecule has 0 aliphatic rings. The highest BCUT2D eigenvalue weighted by molar-refractivity contribution is 7.80. The van der Waals surface area contributed by atoms with Crippen LogP contribution in [0.1, 0.15) is 0 Å². The maximum Gasteiger partial charge on any atom is 0.488 e. The van der Waals surface area contributed by atoms with Crippen LogP contribution in [0.5, 0.6) is 0 Å². The summed E-state index contributed by atoms with van der Waals surface area (Å²) in [6, 6.07) is 5.99. The lowest BCUT2D eigenvalue weighted by molar-refractivity contribution is 0.426. The van der Waals surface area contributed by atoms with Crippen LogP contribution in [0.25, 0.3) is 0 Å². The van der Waals surface area contributed by atoms with Gasteiger partial charge < -0.3 is 18.9 Å². The fourth-order valence-corrected chi connectivity index (χ4v) is 1.25. The van der Waals surface area contributed by atoms with Crippen LogP contribution in [-0.4, -0.2) is 33.0 Å². The molecule has 14 heavy (non-hydrogen) atoms. The minimum atomic E-state index is -2.36. The van der Waals surface area contributed by atoms with Crippen molar-refractivity contribution in [3.05, 3.63) is 24.3 Å². The number of anilines is 1. The maximum absolute atomic E-state index is 10.6. The molecule has 0 bridgehead atoms. The molecule has 7 heteroatoms. The highest BCUT2D eigenvalue weighted by Gasteiger charge is 2.11. The summed E-state index contributed by atoms with van der Waals surface area (Å²) in [5.74, 6) is 0. The molecule has 1 aromatic carbocycles. The molecule has 1 unspecified atom stereocenters. The quantitative estimate of drug-likeness (QED) is 0.478. The molecule has 0 spiro atoms. The van der Waals surface area contributed by atoms with E-state index < -0.39 is 18.4 Å². The summed E-state index contributed by atoms with van der Waals surface area (Å²) in [7, 11) is -0.227. The largest absolute Gasteiger partial charge is 0.755 e. The summed E-state index contributed by atoms with van der Waals surface area (Å²) in [6.45, 7) is 0. The highest BCUT2D eigenvalue weighted by atomic mass is 32.2. The van der Waals surface area contributed by atoms with Gasteiger partial charge in [-0.3, -0.25) is 4.21 Å². The molecule has 1 rings (SSSR count). The molecule has 1 atom stereocenters. The highest BCUT2D eigenvalue weighted by Crippen LogP contribution is 2.10. The van der Waals surface area contributed by atoms with Crippen molar-refractivity contribution in [3.8, 4) is 0 Å². The summed E-state index contributed by atoms with van der Waals surface area (Å²) >= 11 is -2.36. The van der Waals surface area contributed by atoms with E-state index in [0.717, 1.165) is 4.31 Å². The molecular weight excluding hydrogens is 205 g/mol. The Labute approximate surface area is 84.6 Å². The zero-order valence-electron chi connectivity index (χ0n) is 7.45. The van der Waals surface area contributed by atoms with Crippen molar-refractivity contribution < 1.29 is 18.8 Å². The summed E-state index contributed by atoms with van der Waals surface area (Å²) in [4.78, 5) is 0. The average molecular weight is 214 g/mol. The van der Waals surface area contributed by atoms with Crippen LogP contribution in [0.2, 0.25) is 0 Å². The first-order valence-electron chi connectivity index (χ1n) is 3.81. The van der Waals surface area contributed by atoms with Crippen LogP contribution in [0.4, 0.5) is 5.69 Å². The maximum atomic E-state index is 10.6. The molecule has 0 fully saturated rings. The van der Waals surface area contributed by atoms with E-state index in [2.05, 4.69) is 0 Å². The van der Waals surface area contributed by atoms with E-state index in [0.29, 0.717) is 5.69 Å². The third kappa shape index (κ3) is 2.55. The third-order valence-electron chi connectivity index (χ3n) is 1.76. The first-order valence-corrected chi connectivity index (χ1v) is 4.84. The Bertz CT molecular complexity index is 346. The van der Waals surface area contributed by atoms with E-state index >= 15 is 0 Å². The van der Waals surface area contributed by atoms with Gasteiger partial charge in [-0.1, -0.05) is 12.1 Å². The predicted molar refractivity (Wildman–Crippen MR) is 53.6 cm³/mol. The van der Waals surface area contributed by atoms with E-state index in [1.165, 1.54) is 19.2 Å². The molecule has 0 aliphatic heterocycles. The van der Waals surface area contributed by atoms with Gasteiger partial charge in [-0.25, -0.2) is 0 Å². The Balaban J connectivity index is 2.99. The zero-order valence-corrected chi connectivity index (χ0v) is 8.27. The topological polar surface area (TPSA) is 83.8 Å². The van der Waals surface area contributed by atoms with Crippen molar-refractivity contribution in [1.29, 1.82) is 0 Å². The van der Waals surface area contributed by atoms with E-state index in [1.807, 2.05) is 0 Å². The van der Waals surface area contributed by atoms with Crippen molar-refractivity contribution in [3.63, 3.8) is 0 Å². The molecule has 1 aromatic rings. The van der Waals surface area contributed by atoms with E-state index in [1.54, 1.807) is 12.1 Å². The number of benzene rings is 1. The molecule has 0 aromatic heterocycles. The van der Waals surface area contributed by atoms with Gasteiger partial charge in [0.1, 0.15) is 0 Å². The Morgan fingerprint density at radius 3 is 2.64 bits per heavy atom. The van der Waals surface area contributed by atoms with Crippen molar-refractivity contribution in [1.82, 2.24) is 0 Å². The molecular formula is C7H9BNO4S-. The Kier molecular flexibility index (Phi) is 3.65.